The largest absolute Gasteiger partial charge is 0.494 e. The molecule has 1 heterocycles. The fraction of sp³-hybridized carbons (Fsp3) is 0.632. The van der Waals surface area contributed by atoms with Crippen molar-refractivity contribution in [3.63, 3.8) is 0 Å². The summed E-state index contributed by atoms with van der Waals surface area (Å²) in [7, 11) is 0. The molecule has 1 saturated heterocycles. The monoisotopic (exact) mass is 352 g/mol. The van der Waals surface area contributed by atoms with Crippen molar-refractivity contribution >= 4 is 18.3 Å². The lowest BCUT2D eigenvalue weighted by Gasteiger charge is -2.23. The van der Waals surface area contributed by atoms with E-state index in [4.69, 9.17) is 4.74 Å². The maximum absolute atomic E-state index is 12.4. The number of benzene rings is 1. The SMILES string of the molecule is CCCCOc1cccc(CNC(=O)C2CC23CCNCC3)c1.Cl. The molecule has 1 atom stereocenters. The van der Waals surface area contributed by atoms with Crippen molar-refractivity contribution in [2.24, 2.45) is 11.3 Å². The van der Waals surface area contributed by atoms with E-state index in [0.29, 0.717) is 12.0 Å². The summed E-state index contributed by atoms with van der Waals surface area (Å²) in [6.07, 6.45) is 5.56. The van der Waals surface area contributed by atoms with E-state index in [2.05, 4.69) is 17.6 Å². The molecule has 3 rings (SSSR count). The highest BCUT2D eigenvalue weighted by atomic mass is 35.5. The standard InChI is InChI=1S/C19H28N2O2.ClH/c1-2-3-11-23-16-6-4-5-15(12-16)14-21-18(22)17-13-19(17)7-9-20-10-8-19;/h4-6,12,17,20H,2-3,7-11,13-14H2,1H3,(H,21,22);1H. The van der Waals surface area contributed by atoms with E-state index >= 15 is 0 Å². The zero-order valence-corrected chi connectivity index (χ0v) is 15.3. The van der Waals surface area contributed by atoms with E-state index in [0.717, 1.165) is 63.1 Å². The molecule has 24 heavy (non-hydrogen) atoms. The minimum Gasteiger partial charge on any atom is -0.494 e. The van der Waals surface area contributed by atoms with Crippen LogP contribution in [-0.2, 0) is 11.3 Å². The molecule has 2 fully saturated rings. The Morgan fingerprint density at radius 2 is 2.17 bits per heavy atom. The highest BCUT2D eigenvalue weighted by molar-refractivity contribution is 5.85. The Labute approximate surface area is 151 Å². The highest BCUT2D eigenvalue weighted by Gasteiger charge is 2.57. The van der Waals surface area contributed by atoms with Crippen LogP contribution in [-0.4, -0.2) is 25.6 Å². The molecule has 0 aromatic heterocycles. The Morgan fingerprint density at radius 1 is 1.38 bits per heavy atom. The van der Waals surface area contributed by atoms with Gasteiger partial charge in [0.1, 0.15) is 5.75 Å². The Bertz CT molecular complexity index is 544. The molecule has 2 N–H and O–H groups in total. The van der Waals surface area contributed by atoms with E-state index in [9.17, 15) is 4.79 Å². The third-order valence-corrected chi connectivity index (χ3v) is 5.24. The third-order valence-electron chi connectivity index (χ3n) is 5.24. The molecule has 1 unspecified atom stereocenters. The smallest absolute Gasteiger partial charge is 0.223 e. The van der Waals surface area contributed by atoms with Crippen molar-refractivity contribution in [2.75, 3.05) is 19.7 Å². The van der Waals surface area contributed by atoms with Gasteiger partial charge in [0.05, 0.1) is 6.61 Å². The number of ether oxygens (including phenoxy) is 1. The molecule has 1 saturated carbocycles. The van der Waals surface area contributed by atoms with Crippen LogP contribution in [0.5, 0.6) is 5.75 Å². The van der Waals surface area contributed by atoms with Crippen LogP contribution in [0.4, 0.5) is 0 Å². The van der Waals surface area contributed by atoms with Gasteiger partial charge in [-0.1, -0.05) is 25.5 Å². The van der Waals surface area contributed by atoms with Crippen molar-refractivity contribution in [1.82, 2.24) is 10.6 Å². The highest BCUT2D eigenvalue weighted by Crippen LogP contribution is 2.58. The predicted molar refractivity (Wildman–Crippen MR) is 98.6 cm³/mol. The maximum atomic E-state index is 12.4. The molecule has 1 aromatic carbocycles. The van der Waals surface area contributed by atoms with Crippen molar-refractivity contribution in [1.29, 1.82) is 0 Å². The van der Waals surface area contributed by atoms with Crippen LogP contribution in [0.3, 0.4) is 0 Å². The second-order valence-electron chi connectivity index (χ2n) is 6.94. The van der Waals surface area contributed by atoms with Gasteiger partial charge in [-0.25, -0.2) is 0 Å². The van der Waals surface area contributed by atoms with Crippen LogP contribution >= 0.6 is 12.4 Å². The number of carbonyl (C=O) groups excluding carboxylic acids is 1. The van der Waals surface area contributed by atoms with Gasteiger partial charge in [-0.15, -0.1) is 12.4 Å². The van der Waals surface area contributed by atoms with Crippen molar-refractivity contribution in [2.45, 2.75) is 45.6 Å². The second-order valence-corrected chi connectivity index (χ2v) is 6.94. The number of rotatable bonds is 7. The Balaban J connectivity index is 0.00000208. The van der Waals surface area contributed by atoms with E-state index in [-0.39, 0.29) is 24.2 Å². The summed E-state index contributed by atoms with van der Waals surface area (Å²) < 4.78 is 5.72. The molecule has 134 valence electrons. The first kappa shape index (κ1) is 19.1. The average molecular weight is 353 g/mol. The lowest BCUT2D eigenvalue weighted by atomic mass is 9.92. The first-order valence-corrected chi connectivity index (χ1v) is 8.94. The van der Waals surface area contributed by atoms with Crippen LogP contribution in [0.25, 0.3) is 0 Å². The van der Waals surface area contributed by atoms with Gasteiger partial charge in [0, 0.05) is 12.5 Å². The quantitative estimate of drug-likeness (QED) is 0.740. The first-order valence-electron chi connectivity index (χ1n) is 8.94. The topological polar surface area (TPSA) is 50.4 Å². The molecular weight excluding hydrogens is 324 g/mol. The lowest BCUT2D eigenvalue weighted by Crippen LogP contribution is -2.33. The number of nitrogens with one attached hydrogen (secondary N) is 2. The molecule has 0 radical (unpaired) electrons. The number of carbonyl (C=O) groups is 1. The number of halogens is 1. The van der Waals surface area contributed by atoms with Gasteiger partial charge >= 0.3 is 0 Å². The molecule has 4 nitrogen and oxygen atoms in total. The minimum absolute atomic E-state index is 0. The Morgan fingerprint density at radius 3 is 2.92 bits per heavy atom. The molecular formula is C19H29ClN2O2. The number of hydrogen-bond acceptors (Lipinski definition) is 3. The lowest BCUT2D eigenvalue weighted by molar-refractivity contribution is -0.123. The van der Waals surface area contributed by atoms with Gasteiger partial charge in [-0.2, -0.15) is 0 Å². The summed E-state index contributed by atoms with van der Waals surface area (Å²) in [5, 5.41) is 6.49. The molecule has 0 bridgehead atoms. The number of piperidine rings is 1. The summed E-state index contributed by atoms with van der Waals surface area (Å²) in [6, 6.07) is 8.05. The molecule has 1 aromatic rings. The summed E-state index contributed by atoms with van der Waals surface area (Å²) in [5.41, 5.74) is 1.41. The zero-order chi connectivity index (χ0) is 16.1. The molecule has 5 heteroatoms. The maximum Gasteiger partial charge on any atom is 0.223 e. The molecule has 2 aliphatic rings. The number of hydrogen-bond donors (Lipinski definition) is 2. The van der Waals surface area contributed by atoms with Crippen LogP contribution in [0.2, 0.25) is 0 Å². The zero-order valence-electron chi connectivity index (χ0n) is 14.5. The van der Waals surface area contributed by atoms with Crippen LogP contribution in [0.15, 0.2) is 24.3 Å². The molecule has 1 spiro atoms. The van der Waals surface area contributed by atoms with Gasteiger partial charge in [-0.3, -0.25) is 4.79 Å². The van der Waals surface area contributed by atoms with Crippen LogP contribution in [0.1, 0.15) is 44.6 Å². The summed E-state index contributed by atoms with van der Waals surface area (Å²) in [4.78, 5) is 12.4. The summed E-state index contributed by atoms with van der Waals surface area (Å²) in [5.74, 6) is 1.35. The second kappa shape index (κ2) is 8.72. The van der Waals surface area contributed by atoms with Crippen molar-refractivity contribution in [3.05, 3.63) is 29.8 Å². The number of amides is 1. The van der Waals surface area contributed by atoms with E-state index in [1.165, 1.54) is 0 Å². The van der Waals surface area contributed by atoms with Crippen molar-refractivity contribution in [3.8, 4) is 5.75 Å². The molecule has 1 aliphatic carbocycles. The summed E-state index contributed by atoms with van der Waals surface area (Å²) >= 11 is 0. The fourth-order valence-corrected chi connectivity index (χ4v) is 3.59. The van der Waals surface area contributed by atoms with Gasteiger partial charge in [-0.05, 0) is 61.9 Å². The van der Waals surface area contributed by atoms with Gasteiger partial charge in [0.25, 0.3) is 0 Å². The number of unbranched alkanes of at least 4 members (excludes halogenated alkanes) is 1. The van der Waals surface area contributed by atoms with Crippen molar-refractivity contribution < 1.29 is 9.53 Å². The third kappa shape index (κ3) is 4.64. The molecule has 1 amide bonds. The van der Waals surface area contributed by atoms with Crippen LogP contribution < -0.4 is 15.4 Å². The van der Waals surface area contributed by atoms with Gasteiger partial charge in [0.2, 0.25) is 5.91 Å². The minimum atomic E-state index is 0. The van der Waals surface area contributed by atoms with Gasteiger partial charge < -0.3 is 15.4 Å². The Hall–Kier alpha value is -1.26. The predicted octanol–water partition coefficient (Wildman–Crippen LogP) is 3.29. The van der Waals surface area contributed by atoms with E-state index in [1.54, 1.807) is 0 Å². The normalized spacial score (nSPS) is 21.0. The fourth-order valence-electron chi connectivity index (χ4n) is 3.59. The van der Waals surface area contributed by atoms with Crippen LogP contribution in [0, 0.1) is 11.3 Å². The Kier molecular flexibility index (Phi) is 6.93. The van der Waals surface area contributed by atoms with E-state index in [1.807, 2.05) is 24.3 Å². The average Bonchev–Trinajstić information content (AvgIpc) is 3.27. The summed E-state index contributed by atoms with van der Waals surface area (Å²) in [6.45, 7) is 5.61. The van der Waals surface area contributed by atoms with Gasteiger partial charge in [0.15, 0.2) is 0 Å². The first-order chi connectivity index (χ1) is 11.2. The van der Waals surface area contributed by atoms with E-state index < -0.39 is 0 Å². The molecule has 1 aliphatic heterocycles.